The fourth-order valence-electron chi connectivity index (χ4n) is 1.67. The van der Waals surface area contributed by atoms with Crippen LogP contribution < -0.4 is 0 Å². The summed E-state index contributed by atoms with van der Waals surface area (Å²) in [6.07, 6.45) is 1.19. The van der Waals surface area contributed by atoms with E-state index < -0.39 is 33.6 Å². The first kappa shape index (κ1) is 13.7. The van der Waals surface area contributed by atoms with Gasteiger partial charge in [-0.2, -0.15) is 4.39 Å². The lowest BCUT2D eigenvalue weighted by Gasteiger charge is -2.03. The number of carbonyl (C=O) groups excluding carboxylic acids is 1. The minimum absolute atomic E-state index is 0.266. The van der Waals surface area contributed by atoms with Crippen molar-refractivity contribution in [1.82, 2.24) is 4.98 Å². The molecule has 0 atom stereocenters. The zero-order valence-electron chi connectivity index (χ0n) is 10.0. The average Bonchev–Trinajstić information content (AvgIpc) is 2.41. The van der Waals surface area contributed by atoms with Crippen molar-refractivity contribution in [2.75, 3.05) is 0 Å². The molecule has 0 amide bonds. The van der Waals surface area contributed by atoms with E-state index in [-0.39, 0.29) is 6.42 Å². The van der Waals surface area contributed by atoms with E-state index in [2.05, 4.69) is 4.98 Å². The third-order valence-corrected chi connectivity index (χ3v) is 2.58. The second-order valence-electron chi connectivity index (χ2n) is 3.96. The molecule has 0 bridgehead atoms. The minimum atomic E-state index is -1.34. The molecule has 0 unspecified atom stereocenters. The maximum atomic E-state index is 13.8. The van der Waals surface area contributed by atoms with Crippen LogP contribution in [0.5, 0.6) is 0 Å². The third-order valence-electron chi connectivity index (χ3n) is 2.58. The number of benzene rings is 1. The number of hydrogen-bond donors (Lipinski definition) is 0. The number of aromatic nitrogens is 1. The molecule has 0 radical (unpaired) electrons. The molecule has 0 fully saturated rings. The van der Waals surface area contributed by atoms with Crippen molar-refractivity contribution < 1.29 is 18.5 Å². The Morgan fingerprint density at radius 1 is 1.30 bits per heavy atom. The minimum Gasteiger partial charge on any atom is -0.294 e. The molecule has 0 aliphatic heterocycles. The molecule has 102 valence electrons. The van der Waals surface area contributed by atoms with Gasteiger partial charge in [0.2, 0.25) is 5.82 Å². The highest BCUT2D eigenvalue weighted by Gasteiger charge is 2.24. The van der Waals surface area contributed by atoms with Crippen molar-refractivity contribution in [3.8, 4) is 0 Å². The topological polar surface area (TPSA) is 73.1 Å². The molecule has 5 nitrogen and oxygen atoms in total. The van der Waals surface area contributed by atoms with E-state index in [4.69, 9.17) is 0 Å². The van der Waals surface area contributed by atoms with Crippen LogP contribution >= 0.6 is 0 Å². The van der Waals surface area contributed by atoms with Crippen LogP contribution in [0.4, 0.5) is 14.5 Å². The van der Waals surface area contributed by atoms with Gasteiger partial charge in [-0.15, -0.1) is 0 Å². The lowest BCUT2D eigenvalue weighted by Crippen LogP contribution is -2.09. The predicted molar refractivity (Wildman–Crippen MR) is 65.3 cm³/mol. The van der Waals surface area contributed by atoms with Crippen LogP contribution in [-0.4, -0.2) is 15.7 Å². The molecule has 1 aromatic heterocycles. The van der Waals surface area contributed by atoms with Crippen LogP contribution in [0, 0.1) is 21.7 Å². The van der Waals surface area contributed by atoms with Gasteiger partial charge in [0, 0.05) is 11.9 Å². The van der Waals surface area contributed by atoms with Gasteiger partial charge in [0.25, 0.3) is 0 Å². The number of carbonyl (C=O) groups is 1. The zero-order valence-corrected chi connectivity index (χ0v) is 10.0. The second-order valence-corrected chi connectivity index (χ2v) is 3.96. The molecule has 0 N–H and O–H groups in total. The summed E-state index contributed by atoms with van der Waals surface area (Å²) in [4.78, 5) is 25.3. The molecule has 0 saturated carbocycles. The maximum absolute atomic E-state index is 13.8. The summed E-state index contributed by atoms with van der Waals surface area (Å²) >= 11 is 0. The highest BCUT2D eigenvalue weighted by Crippen LogP contribution is 2.23. The molecular formula is C13H8F2N2O3. The van der Waals surface area contributed by atoms with E-state index in [1.54, 1.807) is 18.2 Å². The number of Topliss-reactive ketones (excluding diaryl/α,β-unsaturated/α-hetero) is 1. The molecule has 2 rings (SSSR count). The van der Waals surface area contributed by atoms with Crippen LogP contribution in [0.2, 0.25) is 0 Å². The van der Waals surface area contributed by atoms with E-state index in [9.17, 15) is 23.7 Å². The van der Waals surface area contributed by atoms with Gasteiger partial charge in [0.05, 0.1) is 23.0 Å². The monoisotopic (exact) mass is 278 g/mol. The second kappa shape index (κ2) is 5.52. The number of pyridine rings is 1. The normalized spacial score (nSPS) is 10.3. The van der Waals surface area contributed by atoms with Gasteiger partial charge in [-0.05, 0) is 18.2 Å². The van der Waals surface area contributed by atoms with Gasteiger partial charge in [0.15, 0.2) is 5.78 Å². The summed E-state index contributed by atoms with van der Waals surface area (Å²) < 4.78 is 27.0. The van der Waals surface area contributed by atoms with Gasteiger partial charge in [0.1, 0.15) is 5.82 Å². The SMILES string of the molecule is O=C(Cc1ccccn1)c1cc(F)cc([N+](=O)[O-])c1F. The van der Waals surface area contributed by atoms with E-state index in [0.29, 0.717) is 17.8 Å². The van der Waals surface area contributed by atoms with Gasteiger partial charge in [-0.1, -0.05) is 6.07 Å². The van der Waals surface area contributed by atoms with Crippen LogP contribution in [0.25, 0.3) is 0 Å². The van der Waals surface area contributed by atoms with Crippen molar-refractivity contribution in [2.45, 2.75) is 6.42 Å². The summed E-state index contributed by atoms with van der Waals surface area (Å²) in [6.45, 7) is 0. The summed E-state index contributed by atoms with van der Waals surface area (Å²) in [5.74, 6) is -3.15. The van der Waals surface area contributed by atoms with Gasteiger partial charge >= 0.3 is 5.69 Å². The highest BCUT2D eigenvalue weighted by molar-refractivity contribution is 5.98. The predicted octanol–water partition coefficient (Wildman–Crippen LogP) is 2.69. The van der Waals surface area contributed by atoms with Gasteiger partial charge < -0.3 is 0 Å². The van der Waals surface area contributed by atoms with Crippen molar-refractivity contribution >= 4 is 11.5 Å². The van der Waals surface area contributed by atoms with Crippen molar-refractivity contribution in [3.05, 3.63) is 69.5 Å². The number of nitrogens with zero attached hydrogens (tertiary/aromatic N) is 2. The smallest absolute Gasteiger partial charge is 0.294 e. The molecular weight excluding hydrogens is 270 g/mol. The Kier molecular flexibility index (Phi) is 3.79. The molecule has 0 aliphatic carbocycles. The average molecular weight is 278 g/mol. The van der Waals surface area contributed by atoms with E-state index >= 15 is 0 Å². The Hall–Kier alpha value is -2.70. The molecule has 2 aromatic rings. The van der Waals surface area contributed by atoms with E-state index in [1.165, 1.54) is 6.20 Å². The summed E-state index contributed by atoms with van der Waals surface area (Å²) in [5, 5.41) is 10.6. The van der Waals surface area contributed by atoms with Crippen LogP contribution in [0.1, 0.15) is 16.1 Å². The van der Waals surface area contributed by atoms with Crippen molar-refractivity contribution in [3.63, 3.8) is 0 Å². The van der Waals surface area contributed by atoms with Crippen molar-refractivity contribution in [1.29, 1.82) is 0 Å². The van der Waals surface area contributed by atoms with E-state index in [1.807, 2.05) is 0 Å². The summed E-state index contributed by atoms with van der Waals surface area (Å²) in [7, 11) is 0. The van der Waals surface area contributed by atoms with Crippen LogP contribution in [-0.2, 0) is 6.42 Å². The Bertz CT molecular complexity index is 675. The standard InChI is InChI=1S/C13H8F2N2O3/c14-8-5-10(13(15)11(6-8)17(19)20)12(18)7-9-3-1-2-4-16-9/h1-6H,7H2. The first-order chi connectivity index (χ1) is 9.49. The first-order valence-corrected chi connectivity index (χ1v) is 5.55. The molecule has 1 heterocycles. The highest BCUT2D eigenvalue weighted by atomic mass is 19.1. The summed E-state index contributed by atoms with van der Waals surface area (Å²) in [5.41, 5.74) is -1.35. The molecule has 0 spiro atoms. The Labute approximate surface area is 112 Å². The Morgan fingerprint density at radius 2 is 2.05 bits per heavy atom. The van der Waals surface area contributed by atoms with Gasteiger partial charge in [-0.25, -0.2) is 4.39 Å². The fourth-order valence-corrected chi connectivity index (χ4v) is 1.67. The maximum Gasteiger partial charge on any atom is 0.308 e. The number of hydrogen-bond acceptors (Lipinski definition) is 4. The quantitative estimate of drug-likeness (QED) is 0.489. The van der Waals surface area contributed by atoms with Crippen molar-refractivity contribution in [2.24, 2.45) is 0 Å². The van der Waals surface area contributed by atoms with Crippen LogP contribution in [0.15, 0.2) is 36.5 Å². The number of ketones is 1. The third kappa shape index (κ3) is 2.82. The Balaban J connectivity index is 2.37. The lowest BCUT2D eigenvalue weighted by atomic mass is 10.0. The molecule has 20 heavy (non-hydrogen) atoms. The van der Waals surface area contributed by atoms with Crippen LogP contribution in [0.3, 0.4) is 0 Å². The zero-order chi connectivity index (χ0) is 14.7. The molecule has 1 aromatic carbocycles. The fraction of sp³-hybridized carbons (Fsp3) is 0.0769. The molecule has 0 aliphatic rings. The number of nitro groups is 1. The first-order valence-electron chi connectivity index (χ1n) is 5.55. The largest absolute Gasteiger partial charge is 0.308 e. The van der Waals surface area contributed by atoms with E-state index in [0.717, 1.165) is 0 Å². The number of nitro benzene ring substituents is 1. The number of rotatable bonds is 4. The lowest BCUT2D eigenvalue weighted by molar-refractivity contribution is -0.387. The molecule has 0 saturated heterocycles. The molecule has 7 heteroatoms. The van der Waals surface area contributed by atoms with Gasteiger partial charge in [-0.3, -0.25) is 19.9 Å². The summed E-state index contributed by atoms with van der Waals surface area (Å²) in [6, 6.07) is 5.91. The number of halogens is 2. The Morgan fingerprint density at radius 3 is 2.65 bits per heavy atom.